The second-order valence-electron chi connectivity index (χ2n) is 6.48. The average molecular weight is 336 g/mol. The first-order chi connectivity index (χ1) is 12.2. The van der Waals surface area contributed by atoms with Crippen LogP contribution < -0.4 is 14.4 Å². The number of hydrogen-bond acceptors (Lipinski definition) is 6. The SMILES string of the molecule is Cc1nnc(N2CCC[C@@H]2c2ccc3c(c2)OCCO3)c(C#N)c1C. The molecule has 0 unspecified atom stereocenters. The minimum Gasteiger partial charge on any atom is -0.486 e. The minimum atomic E-state index is 0.166. The fourth-order valence-electron chi connectivity index (χ4n) is 3.56. The molecule has 25 heavy (non-hydrogen) atoms. The largest absolute Gasteiger partial charge is 0.486 e. The van der Waals surface area contributed by atoms with Crippen molar-refractivity contribution >= 4 is 5.82 Å². The molecule has 0 bridgehead atoms. The van der Waals surface area contributed by atoms with Gasteiger partial charge in [0.25, 0.3) is 0 Å². The van der Waals surface area contributed by atoms with Crippen molar-refractivity contribution in [2.75, 3.05) is 24.7 Å². The predicted molar refractivity (Wildman–Crippen MR) is 93.0 cm³/mol. The predicted octanol–water partition coefficient (Wildman–Crippen LogP) is 3.08. The molecule has 0 N–H and O–H groups in total. The molecule has 6 heteroatoms. The van der Waals surface area contributed by atoms with Crippen molar-refractivity contribution in [3.63, 3.8) is 0 Å². The second-order valence-corrected chi connectivity index (χ2v) is 6.48. The van der Waals surface area contributed by atoms with Crippen LogP contribution in [0.3, 0.4) is 0 Å². The van der Waals surface area contributed by atoms with Crippen LogP contribution in [-0.4, -0.2) is 30.0 Å². The van der Waals surface area contributed by atoms with Crippen LogP contribution in [0, 0.1) is 25.2 Å². The van der Waals surface area contributed by atoms with Gasteiger partial charge in [-0.15, -0.1) is 5.10 Å². The summed E-state index contributed by atoms with van der Waals surface area (Å²) in [5.74, 6) is 2.27. The Morgan fingerprint density at radius 1 is 1.16 bits per heavy atom. The number of nitriles is 1. The van der Waals surface area contributed by atoms with E-state index >= 15 is 0 Å². The minimum absolute atomic E-state index is 0.166. The average Bonchev–Trinajstić information content (AvgIpc) is 3.13. The van der Waals surface area contributed by atoms with Gasteiger partial charge < -0.3 is 14.4 Å². The van der Waals surface area contributed by atoms with Gasteiger partial charge in [0.15, 0.2) is 17.3 Å². The number of fused-ring (bicyclic) bond motifs is 1. The van der Waals surface area contributed by atoms with E-state index in [1.54, 1.807) is 0 Å². The zero-order chi connectivity index (χ0) is 17.4. The first kappa shape index (κ1) is 15.7. The molecule has 2 aliphatic rings. The zero-order valence-corrected chi connectivity index (χ0v) is 14.5. The molecule has 2 aromatic rings. The summed E-state index contributed by atoms with van der Waals surface area (Å²) in [5, 5.41) is 18.2. The van der Waals surface area contributed by atoms with Gasteiger partial charge in [-0.3, -0.25) is 0 Å². The molecule has 1 aromatic carbocycles. The highest BCUT2D eigenvalue weighted by atomic mass is 16.6. The van der Waals surface area contributed by atoms with Crippen LogP contribution in [0.25, 0.3) is 0 Å². The lowest BCUT2D eigenvalue weighted by Crippen LogP contribution is -2.26. The van der Waals surface area contributed by atoms with E-state index in [1.165, 1.54) is 0 Å². The molecule has 0 saturated carbocycles. The van der Waals surface area contributed by atoms with Crippen LogP contribution in [-0.2, 0) is 0 Å². The van der Waals surface area contributed by atoms with Crippen molar-refractivity contribution in [3.05, 3.63) is 40.6 Å². The highest BCUT2D eigenvalue weighted by Gasteiger charge is 2.31. The summed E-state index contributed by atoms with van der Waals surface area (Å²) in [7, 11) is 0. The fraction of sp³-hybridized carbons (Fsp3) is 0.421. The molecule has 4 rings (SSSR count). The summed E-state index contributed by atoms with van der Waals surface area (Å²) in [6.45, 7) is 5.85. The summed E-state index contributed by atoms with van der Waals surface area (Å²) in [5.41, 5.74) is 3.48. The van der Waals surface area contributed by atoms with Gasteiger partial charge in [0, 0.05) is 6.54 Å². The van der Waals surface area contributed by atoms with Crippen LogP contribution in [0.4, 0.5) is 5.82 Å². The number of aromatic nitrogens is 2. The molecule has 0 amide bonds. The van der Waals surface area contributed by atoms with Gasteiger partial charge in [-0.05, 0) is 49.9 Å². The maximum absolute atomic E-state index is 9.62. The molecular formula is C19H20N4O2. The highest BCUT2D eigenvalue weighted by molar-refractivity contribution is 5.59. The molecule has 1 fully saturated rings. The lowest BCUT2D eigenvalue weighted by molar-refractivity contribution is 0.171. The van der Waals surface area contributed by atoms with Gasteiger partial charge in [-0.1, -0.05) is 6.07 Å². The first-order valence-electron chi connectivity index (χ1n) is 8.59. The van der Waals surface area contributed by atoms with Crippen molar-refractivity contribution in [1.82, 2.24) is 10.2 Å². The van der Waals surface area contributed by atoms with Crippen molar-refractivity contribution in [2.24, 2.45) is 0 Å². The molecular weight excluding hydrogens is 316 g/mol. The Kier molecular flexibility index (Phi) is 3.92. The van der Waals surface area contributed by atoms with Crippen molar-refractivity contribution in [1.29, 1.82) is 5.26 Å². The van der Waals surface area contributed by atoms with Crippen molar-refractivity contribution in [3.8, 4) is 17.6 Å². The Balaban J connectivity index is 1.72. The first-order valence-corrected chi connectivity index (χ1v) is 8.59. The van der Waals surface area contributed by atoms with E-state index in [-0.39, 0.29) is 6.04 Å². The standard InChI is InChI=1S/C19H20N4O2/c1-12-13(2)21-22-19(15(12)11-20)23-7-3-4-16(23)14-5-6-17-18(10-14)25-9-8-24-17/h5-6,10,16H,3-4,7-9H2,1-2H3/t16-/m1/s1. The third-order valence-corrected chi connectivity index (χ3v) is 5.02. The molecule has 0 aliphatic carbocycles. The van der Waals surface area contributed by atoms with E-state index in [2.05, 4.69) is 33.3 Å². The van der Waals surface area contributed by atoms with Crippen molar-refractivity contribution < 1.29 is 9.47 Å². The molecule has 128 valence electrons. The summed E-state index contributed by atoms with van der Waals surface area (Å²) in [6.07, 6.45) is 2.07. The third-order valence-electron chi connectivity index (χ3n) is 5.02. The van der Waals surface area contributed by atoms with Gasteiger partial charge in [-0.25, -0.2) is 0 Å². The molecule has 1 aromatic heterocycles. The van der Waals surface area contributed by atoms with E-state index in [9.17, 15) is 5.26 Å². The van der Waals surface area contributed by atoms with Crippen LogP contribution in [0.15, 0.2) is 18.2 Å². The summed E-state index contributed by atoms with van der Waals surface area (Å²) in [4.78, 5) is 2.20. The Morgan fingerprint density at radius 3 is 2.76 bits per heavy atom. The van der Waals surface area contributed by atoms with E-state index < -0.39 is 0 Å². The summed E-state index contributed by atoms with van der Waals surface area (Å²) >= 11 is 0. The molecule has 0 radical (unpaired) electrons. The molecule has 1 atom stereocenters. The Morgan fingerprint density at radius 2 is 1.96 bits per heavy atom. The highest BCUT2D eigenvalue weighted by Crippen LogP contribution is 2.40. The molecule has 6 nitrogen and oxygen atoms in total. The lowest BCUT2D eigenvalue weighted by atomic mass is 10.0. The Hall–Kier alpha value is -2.81. The number of ether oxygens (including phenoxy) is 2. The van der Waals surface area contributed by atoms with Gasteiger partial charge in [0.2, 0.25) is 0 Å². The molecule has 3 heterocycles. The molecule has 0 spiro atoms. The molecule has 1 saturated heterocycles. The Labute approximate surface area is 147 Å². The van der Waals surface area contributed by atoms with E-state index in [4.69, 9.17) is 9.47 Å². The number of aryl methyl sites for hydroxylation is 1. The number of nitrogens with zero attached hydrogens (tertiary/aromatic N) is 4. The van der Waals surface area contributed by atoms with Gasteiger partial charge in [0.1, 0.15) is 24.8 Å². The smallest absolute Gasteiger partial charge is 0.170 e. The van der Waals surface area contributed by atoms with Crippen LogP contribution in [0.1, 0.15) is 41.3 Å². The number of benzene rings is 1. The van der Waals surface area contributed by atoms with Crippen LogP contribution in [0.2, 0.25) is 0 Å². The third kappa shape index (κ3) is 2.66. The van der Waals surface area contributed by atoms with E-state index in [0.717, 1.165) is 47.7 Å². The van der Waals surface area contributed by atoms with Gasteiger partial charge >= 0.3 is 0 Å². The fourth-order valence-corrected chi connectivity index (χ4v) is 3.56. The number of anilines is 1. The molecule has 2 aliphatic heterocycles. The number of hydrogen-bond donors (Lipinski definition) is 0. The number of rotatable bonds is 2. The van der Waals surface area contributed by atoms with E-state index in [1.807, 2.05) is 19.9 Å². The second kappa shape index (κ2) is 6.25. The van der Waals surface area contributed by atoms with Crippen molar-refractivity contribution in [2.45, 2.75) is 32.7 Å². The zero-order valence-electron chi connectivity index (χ0n) is 14.5. The van der Waals surface area contributed by atoms with Crippen LogP contribution >= 0.6 is 0 Å². The monoisotopic (exact) mass is 336 g/mol. The summed E-state index contributed by atoms with van der Waals surface area (Å²) < 4.78 is 11.3. The van der Waals surface area contributed by atoms with E-state index in [0.29, 0.717) is 24.6 Å². The normalized spacial score (nSPS) is 18.9. The Bertz CT molecular complexity index is 859. The quantitative estimate of drug-likeness (QED) is 0.839. The lowest BCUT2D eigenvalue weighted by Gasteiger charge is -2.28. The maximum atomic E-state index is 9.62. The maximum Gasteiger partial charge on any atom is 0.170 e. The summed E-state index contributed by atoms with van der Waals surface area (Å²) in [6, 6.07) is 8.58. The van der Waals surface area contributed by atoms with Crippen LogP contribution in [0.5, 0.6) is 11.5 Å². The van der Waals surface area contributed by atoms with Gasteiger partial charge in [-0.2, -0.15) is 10.4 Å². The topological polar surface area (TPSA) is 71.3 Å². The van der Waals surface area contributed by atoms with Gasteiger partial charge in [0.05, 0.1) is 11.7 Å².